The predicted octanol–water partition coefficient (Wildman–Crippen LogP) is 1.62. The number of aliphatic hydroxyl groups excluding tert-OH is 1. The Kier molecular flexibility index (Phi) is 5.48. The van der Waals surface area contributed by atoms with Crippen molar-refractivity contribution in [2.45, 2.75) is 26.0 Å². The van der Waals surface area contributed by atoms with Gasteiger partial charge in [0.05, 0.1) is 6.10 Å². The van der Waals surface area contributed by atoms with Gasteiger partial charge in [0.25, 0.3) is 0 Å². The molecule has 1 heterocycles. The van der Waals surface area contributed by atoms with Crippen LogP contribution in [0.15, 0.2) is 36.7 Å². The molecule has 1 atom stereocenters. The van der Waals surface area contributed by atoms with Crippen LogP contribution in [-0.4, -0.2) is 43.5 Å². The van der Waals surface area contributed by atoms with Crippen molar-refractivity contribution in [3.05, 3.63) is 42.2 Å². The third-order valence-electron chi connectivity index (χ3n) is 3.34. The SMILES string of the molecule is CCC(O)CN(Cc1ccccc1)C(=O)Nc1ncnn1C. The monoisotopic (exact) mass is 303 g/mol. The number of aliphatic hydroxyl groups is 1. The van der Waals surface area contributed by atoms with Crippen LogP contribution >= 0.6 is 0 Å². The largest absolute Gasteiger partial charge is 0.391 e. The van der Waals surface area contributed by atoms with Gasteiger partial charge in [0, 0.05) is 20.1 Å². The van der Waals surface area contributed by atoms with Crippen LogP contribution < -0.4 is 5.32 Å². The normalized spacial score (nSPS) is 12.0. The van der Waals surface area contributed by atoms with Crippen molar-refractivity contribution < 1.29 is 9.90 Å². The van der Waals surface area contributed by atoms with Gasteiger partial charge >= 0.3 is 6.03 Å². The Labute approximate surface area is 129 Å². The number of carbonyl (C=O) groups excluding carboxylic acids is 1. The first-order valence-corrected chi connectivity index (χ1v) is 7.22. The first kappa shape index (κ1) is 16.0. The second kappa shape index (κ2) is 7.56. The Morgan fingerprint density at radius 2 is 2.14 bits per heavy atom. The number of anilines is 1. The second-order valence-corrected chi connectivity index (χ2v) is 5.07. The summed E-state index contributed by atoms with van der Waals surface area (Å²) in [6, 6.07) is 9.35. The topological polar surface area (TPSA) is 83.3 Å². The fourth-order valence-electron chi connectivity index (χ4n) is 1.99. The summed E-state index contributed by atoms with van der Waals surface area (Å²) in [7, 11) is 1.70. The Balaban J connectivity index is 2.09. The molecule has 0 aliphatic carbocycles. The number of nitrogens with zero attached hydrogens (tertiary/aromatic N) is 4. The summed E-state index contributed by atoms with van der Waals surface area (Å²) in [6.45, 7) is 2.56. The summed E-state index contributed by atoms with van der Waals surface area (Å²) in [5.74, 6) is 0.369. The zero-order valence-corrected chi connectivity index (χ0v) is 12.8. The molecule has 22 heavy (non-hydrogen) atoms. The lowest BCUT2D eigenvalue weighted by Crippen LogP contribution is -2.40. The van der Waals surface area contributed by atoms with Gasteiger partial charge in [-0.1, -0.05) is 37.3 Å². The van der Waals surface area contributed by atoms with Crippen LogP contribution in [0.5, 0.6) is 0 Å². The highest BCUT2D eigenvalue weighted by atomic mass is 16.3. The average Bonchev–Trinajstić information content (AvgIpc) is 2.92. The second-order valence-electron chi connectivity index (χ2n) is 5.07. The van der Waals surface area contributed by atoms with Crippen LogP contribution in [-0.2, 0) is 13.6 Å². The molecule has 2 N–H and O–H groups in total. The minimum Gasteiger partial charge on any atom is -0.391 e. The predicted molar refractivity (Wildman–Crippen MR) is 83.2 cm³/mol. The molecule has 0 radical (unpaired) electrons. The molecule has 0 spiro atoms. The van der Waals surface area contributed by atoms with E-state index >= 15 is 0 Å². The molecule has 118 valence electrons. The van der Waals surface area contributed by atoms with Gasteiger partial charge in [-0.25, -0.2) is 9.48 Å². The van der Waals surface area contributed by atoms with Gasteiger partial charge in [0.1, 0.15) is 6.33 Å². The van der Waals surface area contributed by atoms with Crippen molar-refractivity contribution in [2.24, 2.45) is 7.05 Å². The molecule has 0 aliphatic heterocycles. The molecule has 2 rings (SSSR count). The van der Waals surface area contributed by atoms with Crippen molar-refractivity contribution >= 4 is 12.0 Å². The number of nitrogens with one attached hydrogen (secondary N) is 1. The molecular formula is C15H21N5O2. The molecule has 0 fully saturated rings. The summed E-state index contributed by atoms with van der Waals surface area (Å²) in [5, 5.41) is 16.5. The number of hydrogen-bond donors (Lipinski definition) is 2. The molecule has 0 bridgehead atoms. The Morgan fingerprint density at radius 1 is 1.41 bits per heavy atom. The summed E-state index contributed by atoms with van der Waals surface area (Å²) in [4.78, 5) is 18.0. The van der Waals surface area contributed by atoms with Crippen molar-refractivity contribution in [3.63, 3.8) is 0 Å². The lowest BCUT2D eigenvalue weighted by molar-refractivity contribution is 0.119. The number of aryl methyl sites for hydroxylation is 1. The van der Waals surface area contributed by atoms with Gasteiger partial charge in [-0.2, -0.15) is 10.1 Å². The highest BCUT2D eigenvalue weighted by Crippen LogP contribution is 2.09. The Morgan fingerprint density at radius 3 is 2.73 bits per heavy atom. The maximum Gasteiger partial charge on any atom is 0.324 e. The summed E-state index contributed by atoms with van der Waals surface area (Å²) in [5.41, 5.74) is 0.999. The van der Waals surface area contributed by atoms with E-state index in [0.29, 0.717) is 18.9 Å². The molecule has 0 saturated carbocycles. The van der Waals surface area contributed by atoms with Gasteiger partial charge < -0.3 is 10.0 Å². The van der Waals surface area contributed by atoms with Crippen LogP contribution in [0.3, 0.4) is 0 Å². The van der Waals surface area contributed by atoms with Crippen LogP contribution in [0.2, 0.25) is 0 Å². The van der Waals surface area contributed by atoms with E-state index in [1.165, 1.54) is 11.0 Å². The fourth-order valence-corrected chi connectivity index (χ4v) is 1.99. The number of benzene rings is 1. The number of carbonyl (C=O) groups is 1. The van der Waals surface area contributed by atoms with E-state index in [1.807, 2.05) is 37.3 Å². The first-order chi connectivity index (χ1) is 10.6. The van der Waals surface area contributed by atoms with E-state index in [-0.39, 0.29) is 12.6 Å². The van der Waals surface area contributed by atoms with E-state index in [9.17, 15) is 9.90 Å². The van der Waals surface area contributed by atoms with Gasteiger partial charge in [0.2, 0.25) is 5.95 Å². The van der Waals surface area contributed by atoms with E-state index in [4.69, 9.17) is 0 Å². The zero-order valence-electron chi connectivity index (χ0n) is 12.8. The van der Waals surface area contributed by atoms with Crippen molar-refractivity contribution in [2.75, 3.05) is 11.9 Å². The van der Waals surface area contributed by atoms with E-state index < -0.39 is 6.10 Å². The smallest absolute Gasteiger partial charge is 0.324 e. The van der Waals surface area contributed by atoms with E-state index in [0.717, 1.165) is 5.56 Å². The number of urea groups is 1. The van der Waals surface area contributed by atoms with Crippen LogP contribution in [0.25, 0.3) is 0 Å². The molecule has 0 saturated heterocycles. The van der Waals surface area contributed by atoms with E-state index in [1.54, 1.807) is 11.9 Å². The minimum atomic E-state index is -0.561. The summed E-state index contributed by atoms with van der Waals surface area (Å²) < 4.78 is 1.48. The molecule has 7 nitrogen and oxygen atoms in total. The van der Waals surface area contributed by atoms with Gasteiger partial charge in [0.15, 0.2) is 0 Å². The molecule has 1 unspecified atom stereocenters. The highest BCUT2D eigenvalue weighted by molar-refractivity contribution is 5.87. The number of hydrogen-bond acceptors (Lipinski definition) is 4. The molecule has 0 aliphatic rings. The molecule has 7 heteroatoms. The zero-order chi connectivity index (χ0) is 15.9. The van der Waals surface area contributed by atoms with Crippen LogP contribution in [0.4, 0.5) is 10.7 Å². The standard InChI is InChI=1S/C15H21N5O2/c1-3-13(21)10-20(9-12-7-5-4-6-8-12)15(22)18-14-16-11-17-19(14)2/h4-8,11,13,21H,3,9-10H2,1-2H3,(H,16,17,18,22). The third kappa shape index (κ3) is 4.29. The number of aromatic nitrogens is 3. The van der Waals surface area contributed by atoms with Gasteiger partial charge in [-0.3, -0.25) is 5.32 Å². The lowest BCUT2D eigenvalue weighted by Gasteiger charge is -2.25. The fraction of sp³-hybridized carbons (Fsp3) is 0.400. The maximum absolute atomic E-state index is 12.4. The Bertz CT molecular complexity index is 599. The summed E-state index contributed by atoms with van der Waals surface area (Å²) >= 11 is 0. The van der Waals surface area contributed by atoms with Crippen molar-refractivity contribution in [1.82, 2.24) is 19.7 Å². The maximum atomic E-state index is 12.4. The summed E-state index contributed by atoms with van der Waals surface area (Å²) in [6.07, 6.45) is 1.40. The van der Waals surface area contributed by atoms with E-state index in [2.05, 4.69) is 15.4 Å². The molecule has 1 aromatic heterocycles. The van der Waals surface area contributed by atoms with Crippen LogP contribution in [0, 0.1) is 0 Å². The van der Waals surface area contributed by atoms with Gasteiger partial charge in [-0.15, -0.1) is 0 Å². The third-order valence-corrected chi connectivity index (χ3v) is 3.34. The Hall–Kier alpha value is -2.41. The first-order valence-electron chi connectivity index (χ1n) is 7.22. The average molecular weight is 303 g/mol. The molecule has 2 amide bonds. The van der Waals surface area contributed by atoms with Crippen molar-refractivity contribution in [3.8, 4) is 0 Å². The quantitative estimate of drug-likeness (QED) is 0.849. The molecular weight excluding hydrogens is 282 g/mol. The number of amides is 2. The minimum absolute atomic E-state index is 0.259. The van der Waals surface area contributed by atoms with Crippen molar-refractivity contribution in [1.29, 1.82) is 0 Å². The number of rotatable bonds is 6. The van der Waals surface area contributed by atoms with Gasteiger partial charge in [-0.05, 0) is 12.0 Å². The lowest BCUT2D eigenvalue weighted by atomic mass is 10.2. The molecule has 1 aromatic carbocycles. The van der Waals surface area contributed by atoms with Crippen LogP contribution in [0.1, 0.15) is 18.9 Å². The highest BCUT2D eigenvalue weighted by Gasteiger charge is 2.18. The molecule has 2 aromatic rings.